The maximum atomic E-state index is 11.3. The van der Waals surface area contributed by atoms with Crippen molar-refractivity contribution in [3.63, 3.8) is 0 Å². The Morgan fingerprint density at radius 3 is 2.69 bits per heavy atom. The molecule has 1 amide bonds. The van der Waals surface area contributed by atoms with Crippen LogP contribution in [0.2, 0.25) is 0 Å². The number of carbonyl (C=O) groups excluding carboxylic acids is 1. The van der Waals surface area contributed by atoms with Crippen LogP contribution >= 0.6 is 0 Å². The van der Waals surface area contributed by atoms with E-state index in [2.05, 4.69) is 37.4 Å². The third-order valence-electron chi connectivity index (χ3n) is 3.49. The van der Waals surface area contributed by atoms with Gasteiger partial charge in [-0.15, -0.1) is 0 Å². The number of benzene rings is 1. The molecule has 2 heteroatoms. The van der Waals surface area contributed by atoms with Gasteiger partial charge in [-0.2, -0.15) is 0 Å². The summed E-state index contributed by atoms with van der Waals surface area (Å²) in [5, 5.41) is 2.96. The first-order chi connectivity index (χ1) is 7.74. The summed E-state index contributed by atoms with van der Waals surface area (Å²) >= 11 is 0. The molecule has 2 rings (SSSR count). The number of amides is 1. The second-order valence-electron chi connectivity index (χ2n) is 4.48. The average Bonchev–Trinajstić information content (AvgIpc) is 2.30. The van der Waals surface area contributed by atoms with Crippen molar-refractivity contribution < 1.29 is 4.79 Å². The molecule has 0 aliphatic carbocycles. The Morgan fingerprint density at radius 2 is 2.00 bits per heavy atom. The third kappa shape index (κ3) is 2.11. The Bertz CT molecular complexity index is 394. The van der Waals surface area contributed by atoms with E-state index < -0.39 is 0 Å². The highest BCUT2D eigenvalue weighted by Gasteiger charge is 2.16. The summed E-state index contributed by atoms with van der Waals surface area (Å²) < 4.78 is 0. The smallest absolute Gasteiger partial charge is 0.224 e. The molecule has 16 heavy (non-hydrogen) atoms. The van der Waals surface area contributed by atoms with Gasteiger partial charge in [0.1, 0.15) is 0 Å². The third-order valence-corrected chi connectivity index (χ3v) is 3.49. The van der Waals surface area contributed by atoms with Crippen molar-refractivity contribution in [1.82, 2.24) is 0 Å². The first kappa shape index (κ1) is 11.2. The quantitative estimate of drug-likeness (QED) is 0.825. The lowest BCUT2D eigenvalue weighted by molar-refractivity contribution is -0.116. The van der Waals surface area contributed by atoms with E-state index >= 15 is 0 Å². The average molecular weight is 217 g/mol. The second kappa shape index (κ2) is 4.69. The van der Waals surface area contributed by atoms with E-state index in [9.17, 15) is 4.79 Å². The second-order valence-corrected chi connectivity index (χ2v) is 4.48. The monoisotopic (exact) mass is 217 g/mol. The Balaban J connectivity index is 2.30. The first-order valence-corrected chi connectivity index (χ1v) is 6.17. The molecule has 1 heterocycles. The van der Waals surface area contributed by atoms with Crippen molar-refractivity contribution in [1.29, 1.82) is 0 Å². The molecule has 0 unspecified atom stereocenters. The van der Waals surface area contributed by atoms with Gasteiger partial charge in [-0.1, -0.05) is 26.0 Å². The molecule has 86 valence electrons. The highest BCUT2D eigenvalue weighted by Crippen LogP contribution is 2.29. The number of carbonyl (C=O) groups is 1. The summed E-state index contributed by atoms with van der Waals surface area (Å²) in [5.41, 5.74) is 3.65. The van der Waals surface area contributed by atoms with Gasteiger partial charge in [0.2, 0.25) is 5.91 Å². The molecule has 0 radical (unpaired) electrons. The van der Waals surface area contributed by atoms with Gasteiger partial charge in [-0.05, 0) is 42.4 Å². The van der Waals surface area contributed by atoms with Gasteiger partial charge in [-0.3, -0.25) is 4.79 Å². The molecule has 1 aromatic rings. The molecule has 0 saturated carbocycles. The zero-order valence-corrected chi connectivity index (χ0v) is 10.0. The molecule has 1 aliphatic rings. The van der Waals surface area contributed by atoms with E-state index in [0.29, 0.717) is 12.3 Å². The van der Waals surface area contributed by atoms with E-state index in [1.165, 1.54) is 11.1 Å². The fourth-order valence-electron chi connectivity index (χ4n) is 2.40. The lowest BCUT2D eigenvalue weighted by Crippen LogP contribution is -2.19. The molecule has 1 aromatic carbocycles. The van der Waals surface area contributed by atoms with Gasteiger partial charge in [0.25, 0.3) is 0 Å². The lowest BCUT2D eigenvalue weighted by Gasteiger charge is -2.20. The molecule has 0 fully saturated rings. The number of hydrogen-bond donors (Lipinski definition) is 1. The van der Waals surface area contributed by atoms with Crippen LogP contribution in [0.5, 0.6) is 0 Å². The summed E-state index contributed by atoms with van der Waals surface area (Å²) in [6, 6.07) is 6.54. The minimum absolute atomic E-state index is 0.147. The molecular weight excluding hydrogens is 198 g/mol. The highest BCUT2D eigenvalue weighted by atomic mass is 16.1. The lowest BCUT2D eigenvalue weighted by atomic mass is 9.91. The zero-order valence-electron chi connectivity index (χ0n) is 10.0. The Kier molecular flexibility index (Phi) is 3.28. The minimum Gasteiger partial charge on any atom is -0.326 e. The van der Waals surface area contributed by atoms with E-state index in [4.69, 9.17) is 0 Å². The fourth-order valence-corrected chi connectivity index (χ4v) is 2.40. The number of anilines is 1. The minimum atomic E-state index is 0.147. The van der Waals surface area contributed by atoms with Gasteiger partial charge in [0, 0.05) is 12.1 Å². The summed E-state index contributed by atoms with van der Waals surface area (Å²) in [4.78, 5) is 11.3. The summed E-state index contributed by atoms with van der Waals surface area (Å²) in [6.45, 7) is 4.43. The van der Waals surface area contributed by atoms with Crippen molar-refractivity contribution in [2.75, 3.05) is 5.32 Å². The predicted octanol–water partition coefficient (Wildman–Crippen LogP) is 3.47. The van der Waals surface area contributed by atoms with Crippen LogP contribution in [0.1, 0.15) is 50.2 Å². The van der Waals surface area contributed by atoms with Crippen molar-refractivity contribution in [2.24, 2.45) is 0 Å². The standard InChI is InChI=1S/C14H19NO/c1-3-10(4-2)12-6-5-11-7-8-14(16)15-13(11)9-12/h5-6,9-10H,3-4,7-8H2,1-2H3,(H,15,16). The van der Waals surface area contributed by atoms with Gasteiger partial charge in [-0.25, -0.2) is 0 Å². The van der Waals surface area contributed by atoms with Crippen LogP contribution in [0.25, 0.3) is 0 Å². The van der Waals surface area contributed by atoms with Crippen molar-refractivity contribution in [3.8, 4) is 0 Å². The first-order valence-electron chi connectivity index (χ1n) is 6.17. The van der Waals surface area contributed by atoms with Crippen LogP contribution in [0.4, 0.5) is 5.69 Å². The predicted molar refractivity (Wildman–Crippen MR) is 66.7 cm³/mol. The number of nitrogens with one attached hydrogen (secondary N) is 1. The van der Waals surface area contributed by atoms with Gasteiger partial charge < -0.3 is 5.32 Å². The molecule has 0 spiro atoms. The normalized spacial score (nSPS) is 14.8. The number of fused-ring (bicyclic) bond motifs is 1. The Labute approximate surface area is 97.1 Å². The summed E-state index contributed by atoms with van der Waals surface area (Å²) in [5.74, 6) is 0.762. The molecule has 0 aromatic heterocycles. The molecule has 0 saturated heterocycles. The Morgan fingerprint density at radius 1 is 1.25 bits per heavy atom. The maximum absolute atomic E-state index is 11.3. The Hall–Kier alpha value is -1.31. The van der Waals surface area contributed by atoms with E-state index in [1.54, 1.807) is 0 Å². The number of rotatable bonds is 3. The van der Waals surface area contributed by atoms with Crippen LogP contribution < -0.4 is 5.32 Å². The SMILES string of the molecule is CCC(CC)c1ccc2c(c1)NC(=O)CC2. The topological polar surface area (TPSA) is 29.1 Å². The largest absolute Gasteiger partial charge is 0.326 e. The highest BCUT2D eigenvalue weighted by molar-refractivity contribution is 5.94. The van der Waals surface area contributed by atoms with E-state index in [0.717, 1.165) is 24.9 Å². The molecule has 0 atom stereocenters. The van der Waals surface area contributed by atoms with Crippen LogP contribution in [0, 0.1) is 0 Å². The molecule has 1 N–H and O–H groups in total. The van der Waals surface area contributed by atoms with Crippen LogP contribution in [0.15, 0.2) is 18.2 Å². The van der Waals surface area contributed by atoms with Crippen molar-refractivity contribution in [3.05, 3.63) is 29.3 Å². The van der Waals surface area contributed by atoms with Crippen LogP contribution in [-0.2, 0) is 11.2 Å². The van der Waals surface area contributed by atoms with Gasteiger partial charge >= 0.3 is 0 Å². The fraction of sp³-hybridized carbons (Fsp3) is 0.500. The molecule has 2 nitrogen and oxygen atoms in total. The van der Waals surface area contributed by atoms with E-state index in [1.807, 2.05) is 0 Å². The number of aryl methyl sites for hydroxylation is 1. The molecule has 1 aliphatic heterocycles. The van der Waals surface area contributed by atoms with Crippen molar-refractivity contribution >= 4 is 11.6 Å². The molecular formula is C14H19NO. The van der Waals surface area contributed by atoms with Gasteiger partial charge in [0.15, 0.2) is 0 Å². The van der Waals surface area contributed by atoms with E-state index in [-0.39, 0.29) is 5.91 Å². The van der Waals surface area contributed by atoms with Crippen molar-refractivity contribution in [2.45, 2.75) is 45.4 Å². The van der Waals surface area contributed by atoms with Crippen LogP contribution in [-0.4, -0.2) is 5.91 Å². The summed E-state index contributed by atoms with van der Waals surface area (Å²) in [6.07, 6.45) is 3.81. The maximum Gasteiger partial charge on any atom is 0.224 e. The molecule has 0 bridgehead atoms. The zero-order chi connectivity index (χ0) is 11.5. The van der Waals surface area contributed by atoms with Crippen LogP contribution in [0.3, 0.4) is 0 Å². The summed E-state index contributed by atoms with van der Waals surface area (Å²) in [7, 11) is 0. The van der Waals surface area contributed by atoms with Gasteiger partial charge in [0.05, 0.1) is 0 Å². The number of hydrogen-bond acceptors (Lipinski definition) is 1.